The summed E-state index contributed by atoms with van der Waals surface area (Å²) in [6.07, 6.45) is 1.44. The average Bonchev–Trinajstić information content (AvgIpc) is 2.57. The molecule has 0 heterocycles. The van der Waals surface area contributed by atoms with Gasteiger partial charge in [-0.1, -0.05) is 30.3 Å². The van der Waals surface area contributed by atoms with Crippen molar-refractivity contribution in [3.05, 3.63) is 71.0 Å². The summed E-state index contributed by atoms with van der Waals surface area (Å²) in [5.41, 5.74) is 2.87. The van der Waals surface area contributed by atoms with Gasteiger partial charge < -0.3 is 10.1 Å². The number of halogens is 1. The van der Waals surface area contributed by atoms with Gasteiger partial charge in [0.15, 0.2) is 6.10 Å². The minimum absolute atomic E-state index is 0.270. The van der Waals surface area contributed by atoms with Crippen LogP contribution in [0.3, 0.4) is 0 Å². The van der Waals surface area contributed by atoms with Gasteiger partial charge in [0.1, 0.15) is 5.82 Å². The van der Waals surface area contributed by atoms with Crippen LogP contribution in [0.15, 0.2) is 48.5 Å². The van der Waals surface area contributed by atoms with Gasteiger partial charge in [0, 0.05) is 17.3 Å². The number of nitrogens with one attached hydrogen (secondary N) is 1. The molecule has 0 aliphatic carbocycles. The Morgan fingerprint density at radius 3 is 2.60 bits per heavy atom. The fourth-order valence-corrected chi connectivity index (χ4v) is 2.14. The number of anilines is 1. The van der Waals surface area contributed by atoms with Crippen molar-refractivity contribution in [2.75, 3.05) is 5.32 Å². The minimum atomic E-state index is -0.974. The largest absolute Gasteiger partial charge is 0.449 e. The van der Waals surface area contributed by atoms with E-state index in [1.54, 1.807) is 12.1 Å². The summed E-state index contributed by atoms with van der Waals surface area (Å²) < 4.78 is 18.5. The second kappa shape index (κ2) is 8.24. The molecule has 0 saturated heterocycles. The number of hydrogen-bond acceptors (Lipinski definition) is 3. The van der Waals surface area contributed by atoms with Crippen molar-refractivity contribution in [2.24, 2.45) is 0 Å². The lowest BCUT2D eigenvalue weighted by molar-refractivity contribution is -0.148. The summed E-state index contributed by atoms with van der Waals surface area (Å²) in [6.45, 7) is 5.28. The number of rotatable bonds is 5. The van der Waals surface area contributed by atoms with Crippen molar-refractivity contribution in [1.82, 2.24) is 0 Å². The van der Waals surface area contributed by atoms with E-state index in [1.807, 2.05) is 32.0 Å². The van der Waals surface area contributed by atoms with E-state index in [4.69, 9.17) is 4.74 Å². The molecule has 0 bridgehead atoms. The van der Waals surface area contributed by atoms with Gasteiger partial charge in [0.2, 0.25) is 0 Å². The molecule has 0 aliphatic heterocycles. The van der Waals surface area contributed by atoms with Gasteiger partial charge in [0.25, 0.3) is 5.91 Å². The Kier molecular flexibility index (Phi) is 6.06. The SMILES string of the molecule is Cc1ccc(C)c(NC(=O)[C@H](C)OC(=O)/C=C/c2ccccc2F)c1. The average molecular weight is 341 g/mol. The van der Waals surface area contributed by atoms with Gasteiger partial charge >= 0.3 is 5.97 Å². The van der Waals surface area contributed by atoms with E-state index < -0.39 is 23.8 Å². The van der Waals surface area contributed by atoms with Crippen molar-refractivity contribution in [1.29, 1.82) is 0 Å². The zero-order chi connectivity index (χ0) is 18.4. The maximum absolute atomic E-state index is 13.5. The molecule has 1 amide bonds. The monoisotopic (exact) mass is 341 g/mol. The second-order valence-corrected chi connectivity index (χ2v) is 5.74. The van der Waals surface area contributed by atoms with E-state index in [0.29, 0.717) is 5.69 Å². The van der Waals surface area contributed by atoms with Crippen LogP contribution in [0.4, 0.5) is 10.1 Å². The first-order valence-corrected chi connectivity index (χ1v) is 7.88. The van der Waals surface area contributed by atoms with Crippen molar-refractivity contribution in [2.45, 2.75) is 26.9 Å². The molecule has 1 N–H and O–H groups in total. The first-order valence-electron chi connectivity index (χ1n) is 7.88. The molecule has 0 spiro atoms. The van der Waals surface area contributed by atoms with Crippen LogP contribution < -0.4 is 5.32 Å². The van der Waals surface area contributed by atoms with Crippen LogP contribution in [-0.4, -0.2) is 18.0 Å². The number of ether oxygens (including phenoxy) is 1. The van der Waals surface area contributed by atoms with Gasteiger partial charge in [-0.05, 0) is 50.1 Å². The van der Waals surface area contributed by atoms with E-state index in [9.17, 15) is 14.0 Å². The third-order valence-corrected chi connectivity index (χ3v) is 3.62. The normalized spacial score (nSPS) is 12.0. The fraction of sp³-hybridized carbons (Fsp3) is 0.200. The summed E-state index contributed by atoms with van der Waals surface area (Å²) in [5, 5.41) is 2.74. The smallest absolute Gasteiger partial charge is 0.331 e. The molecule has 2 aromatic rings. The molecule has 1 atom stereocenters. The molecule has 0 saturated carbocycles. The molecule has 0 aliphatic rings. The van der Waals surface area contributed by atoms with Crippen LogP contribution >= 0.6 is 0 Å². The topological polar surface area (TPSA) is 55.4 Å². The highest BCUT2D eigenvalue weighted by atomic mass is 19.1. The van der Waals surface area contributed by atoms with Crippen LogP contribution in [-0.2, 0) is 14.3 Å². The van der Waals surface area contributed by atoms with Crippen LogP contribution in [0.5, 0.6) is 0 Å². The van der Waals surface area contributed by atoms with Crippen LogP contribution in [0, 0.1) is 19.7 Å². The minimum Gasteiger partial charge on any atom is -0.449 e. The molecule has 0 radical (unpaired) electrons. The quantitative estimate of drug-likeness (QED) is 0.660. The molecule has 2 rings (SSSR count). The zero-order valence-electron chi connectivity index (χ0n) is 14.4. The zero-order valence-corrected chi connectivity index (χ0v) is 14.4. The third-order valence-electron chi connectivity index (χ3n) is 3.62. The molecule has 0 fully saturated rings. The molecule has 130 valence electrons. The van der Waals surface area contributed by atoms with Crippen molar-refractivity contribution >= 4 is 23.6 Å². The van der Waals surface area contributed by atoms with Gasteiger partial charge in [-0.25, -0.2) is 9.18 Å². The standard InChI is InChI=1S/C20H20FNO3/c1-13-8-9-14(2)18(12-13)22-20(24)15(3)25-19(23)11-10-16-6-4-5-7-17(16)21/h4-12,15H,1-3H3,(H,22,24)/b11-10+/t15-/m0/s1. The van der Waals surface area contributed by atoms with E-state index in [0.717, 1.165) is 17.2 Å². The molecule has 0 unspecified atom stereocenters. The summed E-state index contributed by atoms with van der Waals surface area (Å²) in [7, 11) is 0. The molecule has 5 heteroatoms. The van der Waals surface area contributed by atoms with Gasteiger partial charge in [-0.15, -0.1) is 0 Å². The highest BCUT2D eigenvalue weighted by Crippen LogP contribution is 2.17. The molecular formula is C20H20FNO3. The first-order chi connectivity index (χ1) is 11.9. The number of amides is 1. The number of benzene rings is 2. The fourth-order valence-electron chi connectivity index (χ4n) is 2.14. The van der Waals surface area contributed by atoms with Crippen molar-refractivity contribution in [3.8, 4) is 0 Å². The van der Waals surface area contributed by atoms with Crippen LogP contribution in [0.25, 0.3) is 6.08 Å². The lowest BCUT2D eigenvalue weighted by Gasteiger charge is -2.14. The molecular weight excluding hydrogens is 321 g/mol. The van der Waals surface area contributed by atoms with E-state index in [-0.39, 0.29) is 5.56 Å². The maximum atomic E-state index is 13.5. The molecule has 25 heavy (non-hydrogen) atoms. The second-order valence-electron chi connectivity index (χ2n) is 5.74. The Morgan fingerprint density at radius 1 is 1.16 bits per heavy atom. The lowest BCUT2D eigenvalue weighted by Crippen LogP contribution is -2.29. The van der Waals surface area contributed by atoms with Crippen LogP contribution in [0.1, 0.15) is 23.6 Å². The predicted octanol–water partition coefficient (Wildman–Crippen LogP) is 4.03. The van der Waals surface area contributed by atoms with Gasteiger partial charge in [0.05, 0.1) is 0 Å². The Balaban J connectivity index is 1.95. The highest BCUT2D eigenvalue weighted by Gasteiger charge is 2.17. The molecule has 0 aromatic heterocycles. The Labute approximate surface area is 146 Å². The Morgan fingerprint density at radius 2 is 1.88 bits per heavy atom. The number of carbonyl (C=O) groups is 2. The third kappa shape index (κ3) is 5.28. The number of aryl methyl sites for hydroxylation is 2. The summed E-state index contributed by atoms with van der Waals surface area (Å²) in [6, 6.07) is 11.8. The van der Waals surface area contributed by atoms with Gasteiger partial charge in [-0.2, -0.15) is 0 Å². The predicted molar refractivity (Wildman–Crippen MR) is 95.5 cm³/mol. The Hall–Kier alpha value is -2.95. The number of esters is 1. The summed E-state index contributed by atoms with van der Waals surface area (Å²) in [4.78, 5) is 24.0. The first kappa shape index (κ1) is 18.4. The Bertz CT molecular complexity index is 814. The number of hydrogen-bond donors (Lipinski definition) is 1. The highest BCUT2D eigenvalue weighted by molar-refractivity contribution is 5.97. The maximum Gasteiger partial charge on any atom is 0.331 e. The number of carbonyl (C=O) groups excluding carboxylic acids is 2. The van der Waals surface area contributed by atoms with Gasteiger partial charge in [-0.3, -0.25) is 4.79 Å². The molecule has 2 aromatic carbocycles. The van der Waals surface area contributed by atoms with E-state index >= 15 is 0 Å². The van der Waals surface area contributed by atoms with E-state index in [1.165, 1.54) is 25.1 Å². The summed E-state index contributed by atoms with van der Waals surface area (Å²) >= 11 is 0. The van der Waals surface area contributed by atoms with Crippen molar-refractivity contribution in [3.63, 3.8) is 0 Å². The van der Waals surface area contributed by atoms with Crippen LogP contribution in [0.2, 0.25) is 0 Å². The molecule has 4 nitrogen and oxygen atoms in total. The van der Waals surface area contributed by atoms with Crippen molar-refractivity contribution < 1.29 is 18.7 Å². The lowest BCUT2D eigenvalue weighted by atomic mass is 10.1. The van der Waals surface area contributed by atoms with E-state index in [2.05, 4.69) is 5.32 Å². The summed E-state index contributed by atoms with van der Waals surface area (Å²) in [5.74, 6) is -1.58.